The van der Waals surface area contributed by atoms with Crippen LogP contribution in [0.15, 0.2) is 60.3 Å². The van der Waals surface area contributed by atoms with Gasteiger partial charge >= 0.3 is 0 Å². The van der Waals surface area contributed by atoms with E-state index in [4.69, 9.17) is 23.2 Å². The van der Waals surface area contributed by atoms with Gasteiger partial charge in [-0.1, -0.05) is 53.2 Å². The van der Waals surface area contributed by atoms with Gasteiger partial charge in [0.25, 0.3) is 5.91 Å². The number of allylic oxidation sites excluding steroid dienone is 1. The standard InChI is InChI=1S/C22H20Cl2FN5O2S/c1-3-10-30-20(13(2)26-21(32)15-6-4-5-7-18(15)25)28-29-22(30)33-12-19(31)27-14-8-9-16(23)17(24)11-14/h3-9,11,13H,1,10,12H2,2H3,(H,26,32)(H,27,31)/t13-/m1/s1. The minimum absolute atomic E-state index is 0.0610. The number of amides is 2. The number of nitrogens with one attached hydrogen (secondary N) is 2. The zero-order valence-corrected chi connectivity index (χ0v) is 19.8. The molecule has 0 radical (unpaired) electrons. The van der Waals surface area contributed by atoms with E-state index in [1.54, 1.807) is 41.8 Å². The van der Waals surface area contributed by atoms with Crippen LogP contribution in [0.2, 0.25) is 10.0 Å². The largest absolute Gasteiger partial charge is 0.342 e. The van der Waals surface area contributed by atoms with Crippen molar-refractivity contribution in [1.82, 2.24) is 20.1 Å². The van der Waals surface area contributed by atoms with E-state index >= 15 is 0 Å². The topological polar surface area (TPSA) is 88.9 Å². The Kier molecular flexibility index (Phi) is 8.49. The molecule has 0 saturated carbocycles. The summed E-state index contributed by atoms with van der Waals surface area (Å²) in [7, 11) is 0. The fourth-order valence-electron chi connectivity index (χ4n) is 2.91. The summed E-state index contributed by atoms with van der Waals surface area (Å²) in [6.45, 7) is 5.81. The molecule has 0 spiro atoms. The van der Waals surface area contributed by atoms with E-state index < -0.39 is 17.8 Å². The second kappa shape index (κ2) is 11.3. The zero-order chi connectivity index (χ0) is 24.0. The van der Waals surface area contributed by atoms with Gasteiger partial charge in [0.1, 0.15) is 5.82 Å². The maximum absolute atomic E-state index is 13.9. The number of hydrogen-bond acceptors (Lipinski definition) is 5. The molecule has 7 nitrogen and oxygen atoms in total. The molecule has 0 aliphatic carbocycles. The third-order valence-corrected chi connectivity index (χ3v) is 6.15. The predicted molar refractivity (Wildman–Crippen MR) is 128 cm³/mol. The van der Waals surface area contributed by atoms with Crippen LogP contribution < -0.4 is 10.6 Å². The molecule has 0 fully saturated rings. The molecule has 172 valence electrons. The summed E-state index contributed by atoms with van der Waals surface area (Å²) in [5.74, 6) is -0.935. The van der Waals surface area contributed by atoms with Crippen LogP contribution in [0, 0.1) is 5.82 Å². The van der Waals surface area contributed by atoms with Crippen LogP contribution in [0.5, 0.6) is 0 Å². The highest BCUT2D eigenvalue weighted by Gasteiger charge is 2.21. The molecular formula is C22H20Cl2FN5O2S. The monoisotopic (exact) mass is 507 g/mol. The second-order valence-electron chi connectivity index (χ2n) is 6.88. The number of nitrogens with zero attached hydrogens (tertiary/aromatic N) is 3. The molecule has 0 unspecified atom stereocenters. The Labute approximate surface area is 204 Å². The fourth-order valence-corrected chi connectivity index (χ4v) is 3.97. The van der Waals surface area contributed by atoms with Crippen molar-refractivity contribution in [3.05, 3.63) is 82.4 Å². The maximum atomic E-state index is 13.9. The van der Waals surface area contributed by atoms with Crippen LogP contribution in [0.3, 0.4) is 0 Å². The minimum atomic E-state index is -0.612. The molecule has 3 aromatic rings. The molecule has 2 amide bonds. The first-order chi connectivity index (χ1) is 15.8. The van der Waals surface area contributed by atoms with Crippen molar-refractivity contribution >= 4 is 52.5 Å². The highest BCUT2D eigenvalue weighted by Crippen LogP contribution is 2.26. The molecule has 3 rings (SSSR count). The average molecular weight is 508 g/mol. The summed E-state index contributed by atoms with van der Waals surface area (Å²) in [6, 6.07) is 9.95. The molecule has 0 bridgehead atoms. The Bertz CT molecular complexity index is 1190. The number of benzene rings is 2. The number of carbonyl (C=O) groups excluding carboxylic acids is 2. The number of rotatable bonds is 9. The third kappa shape index (κ3) is 6.34. The van der Waals surface area contributed by atoms with Crippen molar-refractivity contribution in [3.63, 3.8) is 0 Å². The van der Waals surface area contributed by atoms with Crippen molar-refractivity contribution in [2.45, 2.75) is 24.7 Å². The number of hydrogen-bond donors (Lipinski definition) is 2. The molecule has 2 aromatic carbocycles. The lowest BCUT2D eigenvalue weighted by atomic mass is 10.2. The molecule has 0 aliphatic heterocycles. The number of halogens is 3. The summed E-state index contributed by atoms with van der Waals surface area (Å²) >= 11 is 13.0. The third-order valence-electron chi connectivity index (χ3n) is 4.45. The molecular weight excluding hydrogens is 488 g/mol. The van der Waals surface area contributed by atoms with Gasteiger partial charge in [-0.2, -0.15) is 0 Å². The molecule has 1 atom stereocenters. The van der Waals surface area contributed by atoms with E-state index in [1.165, 1.54) is 30.0 Å². The van der Waals surface area contributed by atoms with E-state index in [2.05, 4.69) is 27.4 Å². The van der Waals surface area contributed by atoms with Crippen LogP contribution in [-0.2, 0) is 11.3 Å². The summed E-state index contributed by atoms with van der Waals surface area (Å²) < 4.78 is 15.6. The van der Waals surface area contributed by atoms with E-state index in [9.17, 15) is 14.0 Å². The van der Waals surface area contributed by atoms with Gasteiger partial charge in [0.15, 0.2) is 11.0 Å². The maximum Gasteiger partial charge on any atom is 0.254 e. The minimum Gasteiger partial charge on any atom is -0.342 e. The van der Waals surface area contributed by atoms with Gasteiger partial charge in [-0.05, 0) is 37.3 Å². The number of thioether (sulfide) groups is 1. The van der Waals surface area contributed by atoms with E-state index in [1.807, 2.05) is 0 Å². The second-order valence-corrected chi connectivity index (χ2v) is 8.64. The molecule has 0 aliphatic rings. The summed E-state index contributed by atoms with van der Waals surface area (Å²) in [6.07, 6.45) is 1.65. The summed E-state index contributed by atoms with van der Waals surface area (Å²) in [4.78, 5) is 24.8. The fraction of sp³-hybridized carbons (Fsp3) is 0.182. The van der Waals surface area contributed by atoms with Gasteiger partial charge in [-0.25, -0.2) is 4.39 Å². The van der Waals surface area contributed by atoms with Gasteiger partial charge in [0.05, 0.1) is 27.4 Å². The number of aromatic nitrogens is 3. The Hall–Kier alpha value is -2.88. The van der Waals surface area contributed by atoms with Crippen LogP contribution in [0.25, 0.3) is 0 Å². The number of carbonyl (C=O) groups is 2. The molecule has 1 aromatic heterocycles. The van der Waals surface area contributed by atoms with Gasteiger partial charge in [-0.15, -0.1) is 16.8 Å². The SMILES string of the molecule is C=CCn1c(SCC(=O)Nc2ccc(Cl)c(Cl)c2)nnc1[C@@H](C)NC(=O)c1ccccc1F. The lowest BCUT2D eigenvalue weighted by Gasteiger charge is -2.15. The van der Waals surface area contributed by atoms with Gasteiger partial charge in [-0.3, -0.25) is 9.59 Å². The molecule has 33 heavy (non-hydrogen) atoms. The predicted octanol–water partition coefficient (Wildman–Crippen LogP) is 5.13. The van der Waals surface area contributed by atoms with Crippen LogP contribution in [0.1, 0.15) is 29.1 Å². The Morgan fingerprint density at radius 3 is 2.67 bits per heavy atom. The highest BCUT2D eigenvalue weighted by atomic mass is 35.5. The van der Waals surface area contributed by atoms with Crippen molar-refractivity contribution in [2.24, 2.45) is 0 Å². The first-order valence-corrected chi connectivity index (χ1v) is 11.5. The normalized spacial score (nSPS) is 11.6. The Balaban J connectivity index is 1.67. The van der Waals surface area contributed by atoms with Gasteiger partial charge < -0.3 is 15.2 Å². The van der Waals surface area contributed by atoms with Crippen LogP contribution in [-0.4, -0.2) is 32.3 Å². The summed E-state index contributed by atoms with van der Waals surface area (Å²) in [5, 5.41) is 15.0. The van der Waals surface area contributed by atoms with Gasteiger partial charge in [0.2, 0.25) is 5.91 Å². The number of anilines is 1. The van der Waals surface area contributed by atoms with Crippen LogP contribution >= 0.6 is 35.0 Å². The van der Waals surface area contributed by atoms with E-state index in [-0.39, 0.29) is 17.2 Å². The summed E-state index contributed by atoms with van der Waals surface area (Å²) in [5.41, 5.74) is 0.459. The quantitative estimate of drug-likeness (QED) is 0.309. The molecule has 1 heterocycles. The van der Waals surface area contributed by atoms with Crippen molar-refractivity contribution in [2.75, 3.05) is 11.1 Å². The smallest absolute Gasteiger partial charge is 0.254 e. The lowest BCUT2D eigenvalue weighted by Crippen LogP contribution is -2.29. The van der Waals surface area contributed by atoms with E-state index in [0.29, 0.717) is 33.3 Å². The van der Waals surface area contributed by atoms with Crippen molar-refractivity contribution < 1.29 is 14.0 Å². The Morgan fingerprint density at radius 2 is 1.97 bits per heavy atom. The Morgan fingerprint density at radius 1 is 1.21 bits per heavy atom. The van der Waals surface area contributed by atoms with E-state index in [0.717, 1.165) is 0 Å². The molecule has 0 saturated heterocycles. The first-order valence-electron chi connectivity index (χ1n) is 9.77. The first kappa shape index (κ1) is 24.8. The molecule has 11 heteroatoms. The van der Waals surface area contributed by atoms with Gasteiger partial charge in [0, 0.05) is 12.2 Å². The lowest BCUT2D eigenvalue weighted by molar-refractivity contribution is -0.113. The van der Waals surface area contributed by atoms with Crippen LogP contribution in [0.4, 0.5) is 10.1 Å². The highest BCUT2D eigenvalue weighted by molar-refractivity contribution is 7.99. The van der Waals surface area contributed by atoms with Crippen molar-refractivity contribution in [1.29, 1.82) is 0 Å². The van der Waals surface area contributed by atoms with Crippen molar-refractivity contribution in [3.8, 4) is 0 Å². The average Bonchev–Trinajstić information content (AvgIpc) is 3.18. The zero-order valence-electron chi connectivity index (χ0n) is 17.5. The molecule has 2 N–H and O–H groups in total.